The van der Waals surface area contributed by atoms with Crippen molar-refractivity contribution in [3.05, 3.63) is 62.7 Å². The van der Waals surface area contributed by atoms with E-state index in [0.717, 1.165) is 69.4 Å². The van der Waals surface area contributed by atoms with E-state index >= 15 is 0 Å². The van der Waals surface area contributed by atoms with Gasteiger partial charge in [0.2, 0.25) is 20.9 Å². The number of sulfone groups is 1. The van der Waals surface area contributed by atoms with E-state index in [1.54, 1.807) is 13.1 Å². The van der Waals surface area contributed by atoms with Gasteiger partial charge in [0.1, 0.15) is 5.65 Å². The van der Waals surface area contributed by atoms with Crippen LogP contribution in [0.2, 0.25) is 0 Å². The number of hydrogen-bond acceptors (Lipinski definition) is 9. The van der Waals surface area contributed by atoms with Gasteiger partial charge in [0.05, 0.1) is 5.75 Å². The molecular formula is C29H35FN8O4S. The minimum absolute atomic E-state index is 0.0431. The second-order valence-electron chi connectivity index (χ2n) is 11.5. The number of hydrogen-bond donors (Lipinski definition) is 3. The first-order valence-corrected chi connectivity index (χ1v) is 16.4. The minimum atomic E-state index is -3.60. The number of piperidine rings is 1. The molecule has 0 atom stereocenters. The predicted molar refractivity (Wildman–Crippen MR) is 161 cm³/mol. The smallest absolute Gasteiger partial charge is 0.341 e. The highest BCUT2D eigenvalue weighted by Gasteiger charge is 2.25. The Morgan fingerprint density at radius 3 is 2.47 bits per heavy atom. The largest absolute Gasteiger partial charge is 0.372 e. The molecule has 0 amide bonds. The Kier molecular flexibility index (Phi) is 8.03. The Morgan fingerprint density at radius 2 is 1.79 bits per heavy atom. The number of rotatable bonds is 9. The lowest BCUT2D eigenvalue weighted by Crippen LogP contribution is -2.33. The molecule has 0 bridgehead atoms. The van der Waals surface area contributed by atoms with Crippen LogP contribution in [0.25, 0.3) is 11.0 Å². The number of aromatic nitrogens is 6. The van der Waals surface area contributed by atoms with Crippen molar-refractivity contribution in [2.75, 3.05) is 29.1 Å². The Labute approximate surface area is 247 Å². The number of benzene rings is 1. The van der Waals surface area contributed by atoms with E-state index < -0.39 is 26.9 Å². The number of pyridine rings is 1. The van der Waals surface area contributed by atoms with Crippen molar-refractivity contribution >= 4 is 38.2 Å². The van der Waals surface area contributed by atoms with Crippen molar-refractivity contribution in [3.63, 3.8) is 0 Å². The van der Waals surface area contributed by atoms with Crippen LogP contribution in [0.15, 0.2) is 45.2 Å². The van der Waals surface area contributed by atoms with Crippen LogP contribution < -0.4 is 21.5 Å². The van der Waals surface area contributed by atoms with Crippen LogP contribution in [0, 0.1) is 18.7 Å². The van der Waals surface area contributed by atoms with Crippen molar-refractivity contribution in [2.24, 2.45) is 5.92 Å². The van der Waals surface area contributed by atoms with Gasteiger partial charge in [-0.2, -0.15) is 4.98 Å². The maximum atomic E-state index is 14.7. The molecule has 43 heavy (non-hydrogen) atoms. The molecule has 1 saturated heterocycles. The summed E-state index contributed by atoms with van der Waals surface area (Å²) in [6.45, 7) is 3.34. The first-order valence-electron chi connectivity index (χ1n) is 14.8. The number of aryl methyl sites for hydroxylation is 1. The van der Waals surface area contributed by atoms with Crippen LogP contribution in [0.3, 0.4) is 0 Å². The molecule has 1 aliphatic carbocycles. The fourth-order valence-corrected chi connectivity index (χ4v) is 7.46. The number of nitrogens with one attached hydrogen (secondary N) is 3. The van der Waals surface area contributed by atoms with Crippen molar-refractivity contribution in [3.8, 4) is 0 Å². The Morgan fingerprint density at radius 1 is 1.07 bits per heavy atom. The highest BCUT2D eigenvalue weighted by molar-refractivity contribution is 7.91. The van der Waals surface area contributed by atoms with Gasteiger partial charge in [-0.05, 0) is 75.6 Å². The van der Waals surface area contributed by atoms with Crippen molar-refractivity contribution in [1.29, 1.82) is 0 Å². The molecule has 4 heterocycles. The topological polar surface area (TPSA) is 159 Å². The normalized spacial score (nSPS) is 16.7. The third-order valence-electron chi connectivity index (χ3n) is 8.73. The summed E-state index contributed by atoms with van der Waals surface area (Å²) in [4.78, 5) is 37.6. The Bertz CT molecular complexity index is 1840. The average molecular weight is 611 g/mol. The van der Waals surface area contributed by atoms with E-state index in [9.17, 15) is 22.4 Å². The van der Waals surface area contributed by atoms with Gasteiger partial charge in [0.15, 0.2) is 5.82 Å². The number of H-pyrrole nitrogens is 2. The van der Waals surface area contributed by atoms with Crippen LogP contribution in [0.1, 0.15) is 63.0 Å². The van der Waals surface area contributed by atoms with Crippen molar-refractivity contribution in [1.82, 2.24) is 29.7 Å². The summed E-state index contributed by atoms with van der Waals surface area (Å²) in [5.41, 5.74) is 1.37. The number of fused-ring (bicyclic) bond motifs is 1. The van der Waals surface area contributed by atoms with E-state index in [1.165, 1.54) is 4.57 Å². The molecule has 4 aromatic rings. The van der Waals surface area contributed by atoms with E-state index in [2.05, 4.69) is 35.4 Å². The monoisotopic (exact) mass is 610 g/mol. The summed E-state index contributed by atoms with van der Waals surface area (Å²) >= 11 is 0. The van der Waals surface area contributed by atoms with Gasteiger partial charge in [-0.25, -0.2) is 27.7 Å². The van der Waals surface area contributed by atoms with E-state index in [-0.39, 0.29) is 22.5 Å². The van der Waals surface area contributed by atoms with Crippen LogP contribution in [0.5, 0.6) is 0 Å². The lowest BCUT2D eigenvalue weighted by Gasteiger charge is -2.33. The molecule has 0 unspecified atom stereocenters. The van der Waals surface area contributed by atoms with Gasteiger partial charge < -0.3 is 10.2 Å². The molecule has 6 rings (SSSR count). The zero-order valence-corrected chi connectivity index (χ0v) is 24.8. The first-order chi connectivity index (χ1) is 20.7. The summed E-state index contributed by atoms with van der Waals surface area (Å²) in [7, 11) is -3.60. The maximum absolute atomic E-state index is 14.7. The predicted octanol–water partition coefficient (Wildman–Crippen LogP) is 3.98. The molecule has 228 valence electrons. The number of anilines is 3. The van der Waals surface area contributed by atoms with Gasteiger partial charge >= 0.3 is 5.69 Å². The Balaban J connectivity index is 1.06. The lowest BCUT2D eigenvalue weighted by molar-refractivity contribution is 0.378. The molecule has 1 saturated carbocycles. The highest BCUT2D eigenvalue weighted by Crippen LogP contribution is 2.32. The zero-order valence-electron chi connectivity index (χ0n) is 24.0. The van der Waals surface area contributed by atoms with Crippen molar-refractivity contribution in [2.45, 2.75) is 69.5 Å². The summed E-state index contributed by atoms with van der Waals surface area (Å²) in [6, 6.07) is 7.93. The van der Waals surface area contributed by atoms with E-state index in [0.29, 0.717) is 29.3 Å². The molecule has 0 radical (unpaired) electrons. The standard InChI is InChI=1S/C29H35FN8O4S/c1-18-23-17-31-27(33-25(23)38(26(39)24(18)30)22-6-2-3-7-22)32-20-8-10-21(11-9-20)37-14-12-19(13-15-37)5-4-16-43(41,42)29-34-28(40)35-36-29/h8-11,17,19,22H,2-7,12-16H2,1H3,(H,31,32,33)(H2,34,35,36,40). The molecule has 3 aromatic heterocycles. The highest BCUT2D eigenvalue weighted by atomic mass is 32.2. The quantitative estimate of drug-likeness (QED) is 0.255. The second kappa shape index (κ2) is 11.9. The van der Waals surface area contributed by atoms with Crippen molar-refractivity contribution < 1.29 is 12.8 Å². The van der Waals surface area contributed by atoms with Gasteiger partial charge in [-0.15, -0.1) is 5.10 Å². The fraction of sp³-hybridized carbons (Fsp3) is 0.483. The average Bonchev–Trinajstić information content (AvgIpc) is 3.70. The molecule has 2 aliphatic rings. The number of nitrogens with zero attached hydrogens (tertiary/aromatic N) is 5. The molecular weight excluding hydrogens is 575 g/mol. The maximum Gasteiger partial charge on any atom is 0.341 e. The molecule has 2 fully saturated rings. The molecule has 12 nitrogen and oxygen atoms in total. The van der Waals surface area contributed by atoms with Crippen LogP contribution in [-0.2, 0) is 9.84 Å². The fourth-order valence-electron chi connectivity index (χ4n) is 6.29. The SMILES string of the molecule is Cc1c(F)c(=O)n(C2CCCC2)c2nc(Nc3ccc(N4CCC(CCCS(=O)(=O)c5n[nH]c(=O)[nH]5)CC4)cc3)ncc12. The summed E-state index contributed by atoms with van der Waals surface area (Å²) in [5.74, 6) is 0.00629. The first kappa shape index (κ1) is 29.0. The molecule has 1 aromatic carbocycles. The summed E-state index contributed by atoms with van der Waals surface area (Å²) in [6.07, 6.45) is 8.52. The van der Waals surface area contributed by atoms with E-state index in [1.807, 2.05) is 24.3 Å². The minimum Gasteiger partial charge on any atom is -0.372 e. The number of aromatic amines is 2. The summed E-state index contributed by atoms with van der Waals surface area (Å²) in [5, 5.41) is 9.11. The lowest BCUT2D eigenvalue weighted by atomic mass is 9.92. The Hall–Kier alpha value is -4.07. The van der Waals surface area contributed by atoms with Gasteiger partial charge in [-0.1, -0.05) is 12.8 Å². The summed E-state index contributed by atoms with van der Waals surface area (Å²) < 4.78 is 40.9. The molecule has 14 heteroatoms. The number of halogens is 1. The van der Waals surface area contributed by atoms with Crippen LogP contribution in [0.4, 0.5) is 21.7 Å². The van der Waals surface area contributed by atoms with Crippen LogP contribution in [-0.4, -0.2) is 57.0 Å². The molecule has 0 spiro atoms. The zero-order chi connectivity index (χ0) is 30.1. The molecule has 3 N–H and O–H groups in total. The van der Waals surface area contributed by atoms with Crippen LogP contribution >= 0.6 is 0 Å². The third-order valence-corrected chi connectivity index (χ3v) is 10.3. The van der Waals surface area contributed by atoms with Gasteiger partial charge in [0, 0.05) is 47.7 Å². The van der Waals surface area contributed by atoms with Gasteiger partial charge in [-0.3, -0.25) is 14.3 Å². The third kappa shape index (κ3) is 6.05. The van der Waals surface area contributed by atoms with E-state index in [4.69, 9.17) is 0 Å². The molecule has 1 aliphatic heterocycles. The van der Waals surface area contributed by atoms with Gasteiger partial charge in [0.25, 0.3) is 5.56 Å². The second-order valence-corrected chi connectivity index (χ2v) is 13.6.